The standard InChI is InChI=1S/C21H12INO3/c22-13-7-5-12(6-8-13)21(26)23-14-9-10-17-18(11-14)20(25)16-4-2-1-3-15(16)19(17)24/h1-11H,(H,23,26). The van der Waals surface area contributed by atoms with Gasteiger partial charge in [-0.1, -0.05) is 24.3 Å². The smallest absolute Gasteiger partial charge is 0.255 e. The number of hydrogen-bond acceptors (Lipinski definition) is 3. The Balaban J connectivity index is 1.67. The summed E-state index contributed by atoms with van der Waals surface area (Å²) in [6, 6.07) is 18.7. The highest BCUT2D eigenvalue weighted by atomic mass is 127. The van der Waals surface area contributed by atoms with Crippen LogP contribution in [-0.2, 0) is 0 Å². The summed E-state index contributed by atoms with van der Waals surface area (Å²) in [5.41, 5.74) is 2.49. The molecule has 0 saturated heterocycles. The first-order valence-corrected chi connectivity index (χ1v) is 9.02. The number of ketones is 2. The van der Waals surface area contributed by atoms with Crippen LogP contribution < -0.4 is 5.32 Å². The number of carbonyl (C=O) groups excluding carboxylic acids is 3. The van der Waals surface area contributed by atoms with Crippen molar-refractivity contribution in [1.29, 1.82) is 0 Å². The zero-order valence-electron chi connectivity index (χ0n) is 13.5. The molecule has 5 heteroatoms. The van der Waals surface area contributed by atoms with E-state index in [-0.39, 0.29) is 17.5 Å². The lowest BCUT2D eigenvalue weighted by Crippen LogP contribution is -2.21. The van der Waals surface area contributed by atoms with Gasteiger partial charge in [0.2, 0.25) is 0 Å². The maximum Gasteiger partial charge on any atom is 0.255 e. The first kappa shape index (κ1) is 16.7. The Hall–Kier alpha value is -2.80. The summed E-state index contributed by atoms with van der Waals surface area (Å²) >= 11 is 2.17. The van der Waals surface area contributed by atoms with Crippen molar-refractivity contribution in [2.45, 2.75) is 0 Å². The molecule has 0 atom stereocenters. The summed E-state index contributed by atoms with van der Waals surface area (Å²) in [5, 5.41) is 2.78. The number of amides is 1. The largest absolute Gasteiger partial charge is 0.322 e. The molecule has 0 radical (unpaired) electrons. The van der Waals surface area contributed by atoms with E-state index < -0.39 is 0 Å². The Morgan fingerprint density at radius 1 is 0.731 bits per heavy atom. The van der Waals surface area contributed by atoms with Crippen LogP contribution >= 0.6 is 22.6 Å². The van der Waals surface area contributed by atoms with E-state index >= 15 is 0 Å². The quantitative estimate of drug-likeness (QED) is 0.460. The summed E-state index contributed by atoms with van der Waals surface area (Å²) in [6.45, 7) is 0. The number of carbonyl (C=O) groups is 3. The topological polar surface area (TPSA) is 63.2 Å². The fraction of sp³-hybridized carbons (Fsp3) is 0. The lowest BCUT2D eigenvalue weighted by Gasteiger charge is -2.18. The number of rotatable bonds is 2. The highest BCUT2D eigenvalue weighted by Crippen LogP contribution is 2.29. The van der Waals surface area contributed by atoms with Gasteiger partial charge in [-0.15, -0.1) is 0 Å². The van der Waals surface area contributed by atoms with Gasteiger partial charge < -0.3 is 5.32 Å². The van der Waals surface area contributed by atoms with Gasteiger partial charge >= 0.3 is 0 Å². The van der Waals surface area contributed by atoms with Crippen LogP contribution in [0.15, 0.2) is 66.7 Å². The van der Waals surface area contributed by atoms with Crippen molar-refractivity contribution in [3.05, 3.63) is 98.1 Å². The molecule has 1 amide bonds. The fourth-order valence-electron chi connectivity index (χ4n) is 2.98. The highest BCUT2D eigenvalue weighted by Gasteiger charge is 2.29. The predicted octanol–water partition coefficient (Wildman–Crippen LogP) is 4.32. The zero-order valence-corrected chi connectivity index (χ0v) is 15.6. The molecule has 1 aliphatic rings. The summed E-state index contributed by atoms with van der Waals surface area (Å²) in [4.78, 5) is 37.7. The third-order valence-electron chi connectivity index (χ3n) is 4.29. The van der Waals surface area contributed by atoms with E-state index in [1.54, 1.807) is 54.6 Å². The number of halogens is 1. The number of hydrogen-bond donors (Lipinski definition) is 1. The number of fused-ring (bicyclic) bond motifs is 2. The third-order valence-corrected chi connectivity index (χ3v) is 5.01. The summed E-state index contributed by atoms with van der Waals surface area (Å²) in [7, 11) is 0. The van der Waals surface area contributed by atoms with Crippen molar-refractivity contribution in [3.8, 4) is 0 Å². The second-order valence-electron chi connectivity index (χ2n) is 5.93. The number of anilines is 1. The predicted molar refractivity (Wildman–Crippen MR) is 107 cm³/mol. The van der Waals surface area contributed by atoms with Crippen molar-refractivity contribution >= 4 is 45.8 Å². The Bertz CT molecular complexity index is 1070. The van der Waals surface area contributed by atoms with Gasteiger partial charge in [0, 0.05) is 37.1 Å². The van der Waals surface area contributed by atoms with Crippen molar-refractivity contribution in [3.63, 3.8) is 0 Å². The monoisotopic (exact) mass is 453 g/mol. The van der Waals surface area contributed by atoms with Gasteiger partial charge in [-0.25, -0.2) is 0 Å². The van der Waals surface area contributed by atoms with Crippen molar-refractivity contribution in [2.24, 2.45) is 0 Å². The van der Waals surface area contributed by atoms with Gasteiger partial charge in [0.15, 0.2) is 11.6 Å². The van der Waals surface area contributed by atoms with Crippen LogP contribution in [0.5, 0.6) is 0 Å². The third kappa shape index (κ3) is 2.84. The van der Waals surface area contributed by atoms with Crippen molar-refractivity contribution in [1.82, 2.24) is 0 Å². The van der Waals surface area contributed by atoms with Crippen molar-refractivity contribution < 1.29 is 14.4 Å². The Morgan fingerprint density at radius 3 is 1.96 bits per heavy atom. The molecule has 0 bridgehead atoms. The van der Waals surface area contributed by atoms with E-state index in [1.807, 2.05) is 12.1 Å². The molecule has 0 heterocycles. The number of benzene rings is 3. The number of nitrogens with one attached hydrogen (secondary N) is 1. The van der Waals surface area contributed by atoms with Gasteiger partial charge in [0.1, 0.15) is 0 Å². The molecule has 0 aromatic heterocycles. The Kier molecular flexibility index (Phi) is 4.16. The van der Waals surface area contributed by atoms with E-state index in [1.165, 1.54) is 0 Å². The molecule has 3 aromatic carbocycles. The second-order valence-corrected chi connectivity index (χ2v) is 7.17. The van der Waals surface area contributed by atoms with Gasteiger partial charge in [0.25, 0.3) is 5.91 Å². The molecule has 0 spiro atoms. The highest BCUT2D eigenvalue weighted by molar-refractivity contribution is 14.1. The SMILES string of the molecule is O=C(Nc1ccc2c(c1)C(=O)c1ccccc1C2=O)c1ccc(I)cc1. The summed E-state index contributed by atoms with van der Waals surface area (Å²) in [6.07, 6.45) is 0. The molecular weight excluding hydrogens is 441 g/mol. The average molecular weight is 453 g/mol. The molecule has 1 aliphatic carbocycles. The van der Waals surface area contributed by atoms with Gasteiger partial charge in [-0.3, -0.25) is 14.4 Å². The van der Waals surface area contributed by atoms with Gasteiger partial charge in [-0.05, 0) is 65.1 Å². The maximum atomic E-state index is 12.7. The Morgan fingerprint density at radius 2 is 1.31 bits per heavy atom. The normalized spacial score (nSPS) is 12.3. The second kappa shape index (κ2) is 6.49. The minimum atomic E-state index is -0.267. The van der Waals surface area contributed by atoms with E-state index in [0.29, 0.717) is 33.5 Å². The van der Waals surface area contributed by atoms with E-state index in [9.17, 15) is 14.4 Å². The molecule has 0 fully saturated rings. The van der Waals surface area contributed by atoms with Gasteiger partial charge in [0.05, 0.1) is 0 Å². The van der Waals surface area contributed by atoms with Crippen LogP contribution in [0.1, 0.15) is 42.2 Å². The first-order chi connectivity index (χ1) is 12.5. The van der Waals surface area contributed by atoms with Crippen LogP contribution in [0.3, 0.4) is 0 Å². The van der Waals surface area contributed by atoms with Crippen LogP contribution in [0.2, 0.25) is 0 Å². The molecule has 3 aromatic rings. The van der Waals surface area contributed by atoms with E-state index in [2.05, 4.69) is 27.9 Å². The zero-order chi connectivity index (χ0) is 18.3. The lowest BCUT2D eigenvalue weighted by atomic mass is 9.84. The molecule has 4 nitrogen and oxygen atoms in total. The van der Waals surface area contributed by atoms with Crippen LogP contribution in [0, 0.1) is 3.57 Å². The van der Waals surface area contributed by atoms with E-state index in [0.717, 1.165) is 3.57 Å². The summed E-state index contributed by atoms with van der Waals surface area (Å²) in [5.74, 6) is -0.650. The first-order valence-electron chi connectivity index (χ1n) is 7.94. The molecule has 0 saturated carbocycles. The van der Waals surface area contributed by atoms with Gasteiger partial charge in [-0.2, -0.15) is 0 Å². The Labute approximate surface area is 163 Å². The lowest BCUT2D eigenvalue weighted by molar-refractivity contribution is 0.0979. The molecule has 1 N–H and O–H groups in total. The maximum absolute atomic E-state index is 12.7. The molecule has 126 valence electrons. The molecule has 0 aliphatic heterocycles. The molecule has 26 heavy (non-hydrogen) atoms. The molecule has 4 rings (SSSR count). The molecular formula is C21H12INO3. The summed E-state index contributed by atoms with van der Waals surface area (Å²) < 4.78 is 1.04. The van der Waals surface area contributed by atoms with Crippen LogP contribution in [-0.4, -0.2) is 17.5 Å². The van der Waals surface area contributed by atoms with Crippen molar-refractivity contribution in [2.75, 3.05) is 5.32 Å². The molecule has 0 unspecified atom stereocenters. The minimum Gasteiger partial charge on any atom is -0.322 e. The average Bonchev–Trinajstić information content (AvgIpc) is 2.66. The van der Waals surface area contributed by atoms with Crippen LogP contribution in [0.25, 0.3) is 0 Å². The van der Waals surface area contributed by atoms with E-state index in [4.69, 9.17) is 0 Å². The minimum absolute atomic E-state index is 0.175. The fourth-order valence-corrected chi connectivity index (χ4v) is 3.34. The van der Waals surface area contributed by atoms with Crippen LogP contribution in [0.4, 0.5) is 5.69 Å².